The summed E-state index contributed by atoms with van der Waals surface area (Å²) < 4.78 is 6.01. The lowest BCUT2D eigenvalue weighted by molar-refractivity contribution is 0.271. The molecule has 0 saturated carbocycles. The van der Waals surface area contributed by atoms with Gasteiger partial charge >= 0.3 is 0 Å². The van der Waals surface area contributed by atoms with Gasteiger partial charge in [0.25, 0.3) is 0 Å². The van der Waals surface area contributed by atoms with Crippen LogP contribution in [0.2, 0.25) is 0 Å². The van der Waals surface area contributed by atoms with Crippen molar-refractivity contribution in [2.24, 2.45) is 0 Å². The second-order valence-electron chi connectivity index (χ2n) is 5.76. The van der Waals surface area contributed by atoms with Crippen molar-refractivity contribution in [1.82, 2.24) is 5.32 Å². The van der Waals surface area contributed by atoms with Gasteiger partial charge in [0.15, 0.2) is 0 Å². The van der Waals surface area contributed by atoms with Crippen molar-refractivity contribution in [2.45, 2.75) is 33.7 Å². The molecule has 21 heavy (non-hydrogen) atoms. The summed E-state index contributed by atoms with van der Waals surface area (Å²) in [5.74, 6) is 0.963. The van der Waals surface area contributed by atoms with E-state index in [1.807, 2.05) is 7.05 Å². The number of nitrogens with one attached hydrogen (secondary N) is 1. The zero-order valence-corrected chi connectivity index (χ0v) is 13.7. The van der Waals surface area contributed by atoms with Crippen molar-refractivity contribution in [3.63, 3.8) is 0 Å². The first-order chi connectivity index (χ1) is 10.0. The molecule has 0 bridgehead atoms. The normalized spacial score (nSPS) is 12.2. The Labute approximate surface area is 128 Å². The van der Waals surface area contributed by atoms with Gasteiger partial charge in [0.05, 0.1) is 6.04 Å². The third-order valence-corrected chi connectivity index (χ3v) is 4.02. The van der Waals surface area contributed by atoms with Crippen LogP contribution < -0.4 is 10.1 Å². The molecule has 0 aromatic heterocycles. The van der Waals surface area contributed by atoms with Gasteiger partial charge in [-0.3, -0.25) is 0 Å². The molecule has 0 spiro atoms. The zero-order valence-electron chi connectivity index (χ0n) is 13.7. The van der Waals surface area contributed by atoms with Crippen molar-refractivity contribution in [3.8, 4) is 5.75 Å². The van der Waals surface area contributed by atoms with E-state index in [-0.39, 0.29) is 6.04 Å². The maximum absolute atomic E-state index is 6.01. The summed E-state index contributed by atoms with van der Waals surface area (Å²) in [4.78, 5) is 0. The molecule has 1 N–H and O–H groups in total. The molecular weight excluding hydrogens is 258 g/mol. The minimum atomic E-state index is 0.199. The van der Waals surface area contributed by atoms with E-state index in [9.17, 15) is 0 Å². The summed E-state index contributed by atoms with van der Waals surface area (Å²) in [6.07, 6.45) is 0. The predicted molar refractivity (Wildman–Crippen MR) is 89.1 cm³/mol. The summed E-state index contributed by atoms with van der Waals surface area (Å²) in [5, 5.41) is 3.34. The maximum atomic E-state index is 6.01. The highest BCUT2D eigenvalue weighted by Gasteiger charge is 2.11. The van der Waals surface area contributed by atoms with Crippen molar-refractivity contribution in [1.29, 1.82) is 0 Å². The standard InChI is InChI=1S/C19H25NO/c1-13-6-9-19(16(4)10-13)21-12-18(20-5)17-8-7-14(2)15(3)11-17/h6-11,18,20H,12H2,1-5H3. The van der Waals surface area contributed by atoms with Gasteiger partial charge in [-0.05, 0) is 63.1 Å². The third-order valence-electron chi connectivity index (χ3n) is 4.02. The molecule has 1 unspecified atom stereocenters. The molecular formula is C19H25NO. The van der Waals surface area contributed by atoms with Gasteiger partial charge in [-0.2, -0.15) is 0 Å². The van der Waals surface area contributed by atoms with Crippen molar-refractivity contribution < 1.29 is 4.74 Å². The molecule has 2 aromatic carbocycles. The van der Waals surface area contributed by atoms with E-state index in [0.29, 0.717) is 6.61 Å². The number of rotatable bonds is 5. The third kappa shape index (κ3) is 3.85. The average molecular weight is 283 g/mol. The number of hydrogen-bond acceptors (Lipinski definition) is 2. The van der Waals surface area contributed by atoms with Crippen LogP contribution in [0.1, 0.15) is 33.9 Å². The first-order valence-electron chi connectivity index (χ1n) is 7.45. The van der Waals surface area contributed by atoms with E-state index in [2.05, 4.69) is 69.4 Å². The van der Waals surface area contributed by atoms with Crippen LogP contribution in [0.4, 0.5) is 0 Å². The number of benzene rings is 2. The fourth-order valence-corrected chi connectivity index (χ4v) is 2.46. The topological polar surface area (TPSA) is 21.3 Å². The number of likely N-dealkylation sites (N-methyl/N-ethyl adjacent to an activating group) is 1. The van der Waals surface area contributed by atoms with Gasteiger partial charge in [0.1, 0.15) is 12.4 Å². The quantitative estimate of drug-likeness (QED) is 0.885. The Bertz CT molecular complexity index is 619. The lowest BCUT2D eigenvalue weighted by atomic mass is 10.0. The van der Waals surface area contributed by atoms with Crippen LogP contribution in [0.25, 0.3) is 0 Å². The van der Waals surface area contributed by atoms with E-state index >= 15 is 0 Å². The number of ether oxygens (including phenoxy) is 1. The molecule has 0 amide bonds. The molecule has 0 saturated heterocycles. The molecule has 112 valence electrons. The molecule has 0 aliphatic heterocycles. The lowest BCUT2D eigenvalue weighted by Gasteiger charge is -2.19. The van der Waals surface area contributed by atoms with Crippen molar-refractivity contribution in [2.75, 3.05) is 13.7 Å². The molecule has 0 fully saturated rings. The Morgan fingerprint density at radius 1 is 0.905 bits per heavy atom. The van der Waals surface area contributed by atoms with Crippen LogP contribution in [0.3, 0.4) is 0 Å². The SMILES string of the molecule is CNC(COc1ccc(C)cc1C)c1ccc(C)c(C)c1. The Hall–Kier alpha value is -1.80. The first-order valence-corrected chi connectivity index (χ1v) is 7.45. The van der Waals surface area contributed by atoms with Crippen molar-refractivity contribution >= 4 is 0 Å². The second-order valence-corrected chi connectivity index (χ2v) is 5.76. The maximum Gasteiger partial charge on any atom is 0.122 e. The Morgan fingerprint density at radius 2 is 1.67 bits per heavy atom. The number of aryl methyl sites for hydroxylation is 4. The van der Waals surface area contributed by atoms with Crippen LogP contribution in [0.5, 0.6) is 5.75 Å². The van der Waals surface area contributed by atoms with E-state index in [1.165, 1.54) is 27.8 Å². The van der Waals surface area contributed by atoms with Gasteiger partial charge in [0, 0.05) is 0 Å². The minimum Gasteiger partial charge on any atom is -0.491 e. The van der Waals surface area contributed by atoms with Gasteiger partial charge in [-0.1, -0.05) is 35.9 Å². The summed E-state index contributed by atoms with van der Waals surface area (Å²) >= 11 is 0. The second kappa shape index (κ2) is 6.77. The summed E-state index contributed by atoms with van der Waals surface area (Å²) in [7, 11) is 1.98. The first kappa shape index (κ1) is 15.6. The fourth-order valence-electron chi connectivity index (χ4n) is 2.46. The monoisotopic (exact) mass is 283 g/mol. The summed E-state index contributed by atoms with van der Waals surface area (Å²) in [6.45, 7) is 9.11. The van der Waals surface area contributed by atoms with Crippen LogP contribution in [-0.4, -0.2) is 13.7 Å². The predicted octanol–water partition coefficient (Wildman–Crippen LogP) is 4.26. The number of hydrogen-bond donors (Lipinski definition) is 1. The molecule has 2 nitrogen and oxygen atoms in total. The van der Waals surface area contributed by atoms with Crippen LogP contribution in [-0.2, 0) is 0 Å². The molecule has 2 heteroatoms. The van der Waals surface area contributed by atoms with E-state index < -0.39 is 0 Å². The van der Waals surface area contributed by atoms with E-state index in [1.54, 1.807) is 0 Å². The van der Waals surface area contributed by atoms with Crippen molar-refractivity contribution in [3.05, 3.63) is 64.2 Å². The molecule has 2 aromatic rings. The molecule has 0 aliphatic rings. The molecule has 2 rings (SSSR count). The highest BCUT2D eigenvalue weighted by atomic mass is 16.5. The largest absolute Gasteiger partial charge is 0.491 e. The van der Waals surface area contributed by atoms with Gasteiger partial charge in [0.2, 0.25) is 0 Å². The Balaban J connectivity index is 2.10. The smallest absolute Gasteiger partial charge is 0.122 e. The van der Waals surface area contributed by atoms with Crippen LogP contribution >= 0.6 is 0 Å². The molecule has 0 aliphatic carbocycles. The van der Waals surface area contributed by atoms with E-state index in [0.717, 1.165) is 5.75 Å². The van der Waals surface area contributed by atoms with Crippen LogP contribution in [0.15, 0.2) is 36.4 Å². The summed E-state index contributed by atoms with van der Waals surface area (Å²) in [5.41, 5.74) is 6.36. The fraction of sp³-hybridized carbons (Fsp3) is 0.368. The lowest BCUT2D eigenvalue weighted by Crippen LogP contribution is -2.23. The highest BCUT2D eigenvalue weighted by molar-refractivity contribution is 5.36. The highest BCUT2D eigenvalue weighted by Crippen LogP contribution is 2.22. The van der Waals surface area contributed by atoms with E-state index in [4.69, 9.17) is 4.74 Å². The minimum absolute atomic E-state index is 0.199. The summed E-state index contributed by atoms with van der Waals surface area (Å²) in [6, 6.07) is 13.1. The Kier molecular flexibility index (Phi) is 5.03. The van der Waals surface area contributed by atoms with Gasteiger partial charge in [-0.25, -0.2) is 0 Å². The average Bonchev–Trinajstić information content (AvgIpc) is 2.45. The zero-order chi connectivity index (χ0) is 15.4. The van der Waals surface area contributed by atoms with Gasteiger partial charge < -0.3 is 10.1 Å². The van der Waals surface area contributed by atoms with Gasteiger partial charge in [-0.15, -0.1) is 0 Å². The Morgan fingerprint density at radius 3 is 2.29 bits per heavy atom. The molecule has 0 heterocycles. The molecule has 1 atom stereocenters. The molecule has 0 radical (unpaired) electrons. The van der Waals surface area contributed by atoms with Crippen LogP contribution in [0, 0.1) is 27.7 Å².